The molecule has 2 aromatic heterocycles. The van der Waals surface area contributed by atoms with Crippen molar-refractivity contribution in [2.75, 3.05) is 6.61 Å². The third-order valence-corrected chi connectivity index (χ3v) is 4.61. The molecule has 0 amide bonds. The summed E-state index contributed by atoms with van der Waals surface area (Å²) < 4.78 is 8.37. The Balaban J connectivity index is 2.33. The number of ether oxygens (including phenoxy) is 1. The SMILES string of the molecule is CCOc1c(C)cnc2c1c(=O)n(Cc1cc(C)ccc1C)c(=O)n2C. The Bertz CT molecular complexity index is 1110. The predicted molar refractivity (Wildman–Crippen MR) is 102 cm³/mol. The van der Waals surface area contributed by atoms with Crippen LogP contribution in [0.5, 0.6) is 5.75 Å². The first kappa shape index (κ1) is 17.9. The Morgan fingerprint density at radius 2 is 1.85 bits per heavy atom. The zero-order valence-corrected chi connectivity index (χ0v) is 15.8. The van der Waals surface area contributed by atoms with Crippen molar-refractivity contribution in [3.63, 3.8) is 0 Å². The fraction of sp³-hybridized carbons (Fsp3) is 0.350. The van der Waals surface area contributed by atoms with Gasteiger partial charge in [0.15, 0.2) is 5.65 Å². The normalized spacial score (nSPS) is 11.1. The number of hydrogen-bond acceptors (Lipinski definition) is 4. The quantitative estimate of drug-likeness (QED) is 0.723. The molecule has 0 N–H and O–H groups in total. The van der Waals surface area contributed by atoms with Crippen LogP contribution in [-0.2, 0) is 13.6 Å². The molecule has 3 aromatic rings. The lowest BCUT2D eigenvalue weighted by Crippen LogP contribution is -2.40. The van der Waals surface area contributed by atoms with Crippen LogP contribution < -0.4 is 16.0 Å². The summed E-state index contributed by atoms with van der Waals surface area (Å²) in [4.78, 5) is 30.3. The van der Waals surface area contributed by atoms with Crippen LogP contribution in [0.4, 0.5) is 0 Å². The van der Waals surface area contributed by atoms with Gasteiger partial charge in [0.25, 0.3) is 5.56 Å². The van der Waals surface area contributed by atoms with Crippen molar-refractivity contribution in [2.24, 2.45) is 7.05 Å². The predicted octanol–water partition coefficient (Wildman–Crippen LogP) is 2.47. The molecule has 0 fully saturated rings. The molecular formula is C20H23N3O3. The third kappa shape index (κ3) is 2.92. The van der Waals surface area contributed by atoms with Gasteiger partial charge in [-0.2, -0.15) is 0 Å². The number of nitrogens with zero attached hydrogens (tertiary/aromatic N) is 3. The number of hydrogen-bond donors (Lipinski definition) is 0. The molecule has 136 valence electrons. The van der Waals surface area contributed by atoms with Gasteiger partial charge in [-0.3, -0.25) is 13.9 Å². The lowest BCUT2D eigenvalue weighted by Gasteiger charge is -2.15. The summed E-state index contributed by atoms with van der Waals surface area (Å²) >= 11 is 0. The maximum atomic E-state index is 13.2. The molecule has 0 saturated heterocycles. The minimum Gasteiger partial charge on any atom is -0.493 e. The minimum atomic E-state index is -0.387. The van der Waals surface area contributed by atoms with Crippen LogP contribution in [0, 0.1) is 20.8 Å². The van der Waals surface area contributed by atoms with Crippen LogP contribution in [0.2, 0.25) is 0 Å². The van der Waals surface area contributed by atoms with Gasteiger partial charge in [-0.1, -0.05) is 23.8 Å². The maximum Gasteiger partial charge on any atom is 0.332 e. The van der Waals surface area contributed by atoms with Gasteiger partial charge in [0, 0.05) is 18.8 Å². The number of aromatic nitrogens is 3. The van der Waals surface area contributed by atoms with Gasteiger partial charge in [-0.25, -0.2) is 9.78 Å². The molecule has 26 heavy (non-hydrogen) atoms. The molecule has 2 heterocycles. The van der Waals surface area contributed by atoms with E-state index in [1.807, 2.05) is 45.9 Å². The molecule has 0 radical (unpaired) electrons. The van der Waals surface area contributed by atoms with Gasteiger partial charge in [0.2, 0.25) is 0 Å². The molecule has 3 rings (SSSR count). The number of aryl methyl sites for hydroxylation is 4. The van der Waals surface area contributed by atoms with E-state index in [1.165, 1.54) is 9.13 Å². The first-order chi connectivity index (χ1) is 12.3. The van der Waals surface area contributed by atoms with Gasteiger partial charge in [-0.05, 0) is 38.8 Å². The Kier molecular flexibility index (Phi) is 4.68. The van der Waals surface area contributed by atoms with Crippen LogP contribution in [0.25, 0.3) is 11.0 Å². The van der Waals surface area contributed by atoms with Crippen LogP contribution in [0.3, 0.4) is 0 Å². The molecule has 0 bridgehead atoms. The molecule has 0 saturated carbocycles. The molecule has 0 spiro atoms. The largest absolute Gasteiger partial charge is 0.493 e. The van der Waals surface area contributed by atoms with Crippen LogP contribution >= 0.6 is 0 Å². The van der Waals surface area contributed by atoms with E-state index >= 15 is 0 Å². The zero-order chi connectivity index (χ0) is 19.0. The van der Waals surface area contributed by atoms with E-state index < -0.39 is 0 Å². The van der Waals surface area contributed by atoms with Crippen LogP contribution in [-0.4, -0.2) is 20.7 Å². The van der Waals surface area contributed by atoms with E-state index in [-0.39, 0.29) is 17.8 Å². The topological polar surface area (TPSA) is 66.1 Å². The smallest absolute Gasteiger partial charge is 0.332 e. The van der Waals surface area contributed by atoms with Crippen molar-refractivity contribution in [1.29, 1.82) is 0 Å². The summed E-state index contributed by atoms with van der Waals surface area (Å²) in [5, 5.41) is 0.347. The lowest BCUT2D eigenvalue weighted by atomic mass is 10.1. The second-order valence-corrected chi connectivity index (χ2v) is 6.56. The molecule has 0 aliphatic carbocycles. The van der Waals surface area contributed by atoms with Gasteiger partial charge in [0.05, 0.1) is 13.2 Å². The zero-order valence-electron chi connectivity index (χ0n) is 15.8. The van der Waals surface area contributed by atoms with Crippen molar-refractivity contribution < 1.29 is 4.74 Å². The average molecular weight is 353 g/mol. The highest BCUT2D eigenvalue weighted by Crippen LogP contribution is 2.24. The molecule has 0 aliphatic rings. The summed E-state index contributed by atoms with van der Waals surface area (Å²) in [7, 11) is 1.63. The third-order valence-electron chi connectivity index (χ3n) is 4.61. The van der Waals surface area contributed by atoms with E-state index in [1.54, 1.807) is 13.2 Å². The fourth-order valence-electron chi connectivity index (χ4n) is 3.13. The average Bonchev–Trinajstić information content (AvgIpc) is 2.61. The van der Waals surface area contributed by atoms with E-state index in [0.29, 0.717) is 23.4 Å². The van der Waals surface area contributed by atoms with Crippen molar-refractivity contribution in [1.82, 2.24) is 14.1 Å². The van der Waals surface area contributed by atoms with E-state index in [9.17, 15) is 9.59 Å². The molecule has 0 atom stereocenters. The monoisotopic (exact) mass is 353 g/mol. The number of pyridine rings is 1. The highest BCUT2D eigenvalue weighted by molar-refractivity contribution is 5.82. The summed E-state index contributed by atoms with van der Waals surface area (Å²) in [6.45, 7) is 8.32. The standard InChI is InChI=1S/C20H23N3O3/c1-6-26-17-14(4)10-21-18-16(17)19(24)23(20(25)22(18)5)11-15-9-12(2)7-8-13(15)3/h7-10H,6,11H2,1-5H3. The Labute approximate surface area is 151 Å². The minimum absolute atomic E-state index is 0.217. The van der Waals surface area contributed by atoms with Crippen molar-refractivity contribution in [3.05, 3.63) is 67.5 Å². The first-order valence-corrected chi connectivity index (χ1v) is 8.63. The van der Waals surface area contributed by atoms with Gasteiger partial charge in [0.1, 0.15) is 11.1 Å². The second kappa shape index (κ2) is 6.78. The first-order valence-electron chi connectivity index (χ1n) is 8.63. The molecule has 0 aliphatic heterocycles. The Morgan fingerprint density at radius 1 is 1.12 bits per heavy atom. The molecular weight excluding hydrogens is 330 g/mol. The Hall–Kier alpha value is -2.89. The van der Waals surface area contributed by atoms with Gasteiger partial charge >= 0.3 is 5.69 Å². The highest BCUT2D eigenvalue weighted by Gasteiger charge is 2.18. The highest BCUT2D eigenvalue weighted by atomic mass is 16.5. The summed E-state index contributed by atoms with van der Waals surface area (Å²) in [6, 6.07) is 6.02. The van der Waals surface area contributed by atoms with E-state index in [4.69, 9.17) is 4.74 Å². The van der Waals surface area contributed by atoms with Crippen molar-refractivity contribution in [2.45, 2.75) is 34.2 Å². The van der Waals surface area contributed by atoms with E-state index in [0.717, 1.165) is 22.3 Å². The number of fused-ring (bicyclic) bond motifs is 1. The fourth-order valence-corrected chi connectivity index (χ4v) is 3.13. The molecule has 6 nitrogen and oxygen atoms in total. The van der Waals surface area contributed by atoms with Crippen LogP contribution in [0.1, 0.15) is 29.2 Å². The van der Waals surface area contributed by atoms with Gasteiger partial charge in [-0.15, -0.1) is 0 Å². The molecule has 6 heteroatoms. The molecule has 0 unspecified atom stereocenters. The Morgan fingerprint density at radius 3 is 2.54 bits per heavy atom. The maximum absolute atomic E-state index is 13.2. The number of benzene rings is 1. The lowest BCUT2D eigenvalue weighted by molar-refractivity contribution is 0.341. The van der Waals surface area contributed by atoms with E-state index in [2.05, 4.69) is 4.98 Å². The van der Waals surface area contributed by atoms with Crippen molar-refractivity contribution >= 4 is 11.0 Å². The summed E-state index contributed by atoms with van der Waals surface area (Å²) in [5.74, 6) is 0.493. The summed E-state index contributed by atoms with van der Waals surface area (Å²) in [6.07, 6.45) is 1.63. The van der Waals surface area contributed by atoms with Gasteiger partial charge < -0.3 is 4.74 Å². The number of rotatable bonds is 4. The van der Waals surface area contributed by atoms with Crippen LogP contribution in [0.15, 0.2) is 34.0 Å². The molecule has 1 aromatic carbocycles. The second-order valence-electron chi connectivity index (χ2n) is 6.56. The summed E-state index contributed by atoms with van der Waals surface area (Å²) in [5.41, 5.74) is 3.42. The van der Waals surface area contributed by atoms with Crippen molar-refractivity contribution in [3.8, 4) is 5.75 Å².